The first-order valence-electron chi connectivity index (χ1n) is 12.5. The molecule has 0 heterocycles. The fraction of sp³-hybridized carbons (Fsp3) is 0.481. The van der Waals surface area contributed by atoms with Crippen molar-refractivity contribution in [2.75, 3.05) is 26.3 Å². The number of carboxylic acids is 1. The van der Waals surface area contributed by atoms with Gasteiger partial charge < -0.3 is 24.2 Å². The standard InChI is InChI=1S/C27H36N2O8/c1-5-20(6-2)18-28(27(32)37-23-11-8-19(4)24(17-23)29(33)34)14-15-36-22-12-9-21(10-13-22)16-25(26(30)31)35-7-3/h8-13,17,20,25H,5-7,14-16,18H2,1-4H3,(H,30,31). The largest absolute Gasteiger partial charge is 0.492 e. The Morgan fingerprint density at radius 3 is 2.27 bits per heavy atom. The summed E-state index contributed by atoms with van der Waals surface area (Å²) in [7, 11) is 0. The molecule has 2 aromatic rings. The van der Waals surface area contributed by atoms with Crippen LogP contribution in [0.3, 0.4) is 0 Å². The highest BCUT2D eigenvalue weighted by molar-refractivity contribution is 5.72. The van der Waals surface area contributed by atoms with Crippen molar-refractivity contribution in [3.05, 3.63) is 63.7 Å². The molecule has 0 radical (unpaired) electrons. The van der Waals surface area contributed by atoms with Crippen molar-refractivity contribution in [2.45, 2.75) is 53.1 Å². The number of nitro benzene ring substituents is 1. The molecule has 10 heteroatoms. The number of hydrogen-bond donors (Lipinski definition) is 1. The first-order chi connectivity index (χ1) is 17.7. The highest BCUT2D eigenvalue weighted by Crippen LogP contribution is 2.24. The number of amides is 1. The van der Waals surface area contributed by atoms with Crippen LogP contribution in [0.5, 0.6) is 11.5 Å². The third-order valence-corrected chi connectivity index (χ3v) is 6.09. The number of aryl methyl sites for hydroxylation is 1. The average molecular weight is 517 g/mol. The first kappa shape index (κ1) is 29.6. The summed E-state index contributed by atoms with van der Waals surface area (Å²) in [5.41, 5.74) is 1.17. The third-order valence-electron chi connectivity index (χ3n) is 6.09. The summed E-state index contributed by atoms with van der Waals surface area (Å²) in [4.78, 5) is 36.5. The molecule has 0 saturated heterocycles. The van der Waals surface area contributed by atoms with Crippen molar-refractivity contribution in [3.63, 3.8) is 0 Å². The molecule has 2 aromatic carbocycles. The molecule has 0 aliphatic rings. The maximum absolute atomic E-state index is 13.0. The van der Waals surface area contributed by atoms with Crippen LogP contribution >= 0.6 is 0 Å². The molecule has 10 nitrogen and oxygen atoms in total. The zero-order chi connectivity index (χ0) is 27.4. The average Bonchev–Trinajstić information content (AvgIpc) is 2.87. The van der Waals surface area contributed by atoms with Gasteiger partial charge in [-0.25, -0.2) is 9.59 Å². The Morgan fingerprint density at radius 2 is 1.70 bits per heavy atom. The Morgan fingerprint density at radius 1 is 1.05 bits per heavy atom. The summed E-state index contributed by atoms with van der Waals surface area (Å²) >= 11 is 0. The van der Waals surface area contributed by atoms with Crippen LogP contribution in [0, 0.1) is 23.0 Å². The maximum atomic E-state index is 13.0. The Hall–Kier alpha value is -3.66. The predicted octanol–water partition coefficient (Wildman–Crippen LogP) is 5.25. The number of carboxylic acid groups (broad SMARTS) is 1. The third kappa shape index (κ3) is 9.38. The highest BCUT2D eigenvalue weighted by atomic mass is 16.6. The van der Waals surface area contributed by atoms with Crippen LogP contribution in [0.25, 0.3) is 0 Å². The van der Waals surface area contributed by atoms with Crippen LogP contribution in [0.2, 0.25) is 0 Å². The molecule has 37 heavy (non-hydrogen) atoms. The Labute approximate surface area is 217 Å². The molecule has 0 saturated carbocycles. The molecule has 0 aliphatic heterocycles. The van der Waals surface area contributed by atoms with Crippen LogP contribution in [-0.4, -0.2) is 59.4 Å². The minimum Gasteiger partial charge on any atom is -0.492 e. The second kappa shape index (κ2) is 14.8. The Bertz CT molecular complexity index is 1040. The van der Waals surface area contributed by atoms with Gasteiger partial charge in [-0.05, 0) is 49.6 Å². The molecule has 2 rings (SSSR count). The van der Waals surface area contributed by atoms with E-state index in [0.29, 0.717) is 24.5 Å². The van der Waals surface area contributed by atoms with Crippen LogP contribution < -0.4 is 9.47 Å². The van der Waals surface area contributed by atoms with Gasteiger partial charge in [0, 0.05) is 25.1 Å². The number of ether oxygens (including phenoxy) is 3. The molecule has 1 unspecified atom stereocenters. The van der Waals surface area contributed by atoms with E-state index >= 15 is 0 Å². The van der Waals surface area contributed by atoms with Gasteiger partial charge in [-0.2, -0.15) is 0 Å². The maximum Gasteiger partial charge on any atom is 0.415 e. The highest BCUT2D eigenvalue weighted by Gasteiger charge is 2.21. The van der Waals surface area contributed by atoms with E-state index < -0.39 is 23.1 Å². The number of aliphatic carboxylic acids is 1. The summed E-state index contributed by atoms with van der Waals surface area (Å²) in [6.45, 7) is 8.73. The summed E-state index contributed by atoms with van der Waals surface area (Å²) < 4.78 is 16.5. The van der Waals surface area contributed by atoms with Gasteiger partial charge in [0.15, 0.2) is 6.10 Å². The smallest absolute Gasteiger partial charge is 0.415 e. The van der Waals surface area contributed by atoms with E-state index in [1.165, 1.54) is 12.1 Å². The van der Waals surface area contributed by atoms with Crippen LogP contribution in [0.1, 0.15) is 44.7 Å². The van der Waals surface area contributed by atoms with Crippen molar-refractivity contribution in [2.24, 2.45) is 5.92 Å². The Balaban J connectivity index is 2.02. The van der Waals surface area contributed by atoms with Crippen molar-refractivity contribution >= 4 is 17.7 Å². The van der Waals surface area contributed by atoms with Gasteiger partial charge in [0.1, 0.15) is 18.1 Å². The topological polar surface area (TPSA) is 128 Å². The SMILES string of the molecule is CCOC(Cc1ccc(OCCN(CC(CC)CC)C(=O)Oc2ccc(C)c([N+](=O)[O-])c2)cc1)C(=O)O. The number of nitrogens with zero attached hydrogens (tertiary/aromatic N) is 2. The van der Waals surface area contributed by atoms with Gasteiger partial charge in [-0.15, -0.1) is 0 Å². The lowest BCUT2D eigenvalue weighted by molar-refractivity contribution is -0.385. The molecule has 1 amide bonds. The number of rotatable bonds is 15. The normalized spacial score (nSPS) is 11.7. The minimum absolute atomic E-state index is 0.111. The number of hydrogen-bond acceptors (Lipinski definition) is 7. The van der Waals surface area contributed by atoms with E-state index in [1.54, 1.807) is 49.1 Å². The molecular weight excluding hydrogens is 480 g/mol. The molecule has 0 bridgehead atoms. The lowest BCUT2D eigenvalue weighted by Gasteiger charge is -2.26. The fourth-order valence-corrected chi connectivity index (χ4v) is 3.76. The van der Waals surface area contributed by atoms with Gasteiger partial charge in [0.25, 0.3) is 5.69 Å². The van der Waals surface area contributed by atoms with E-state index in [4.69, 9.17) is 14.2 Å². The molecule has 202 valence electrons. The fourth-order valence-electron chi connectivity index (χ4n) is 3.76. The summed E-state index contributed by atoms with van der Waals surface area (Å²) in [5.74, 6) is -0.0457. The second-order valence-electron chi connectivity index (χ2n) is 8.68. The molecule has 0 fully saturated rings. The van der Waals surface area contributed by atoms with E-state index in [1.807, 2.05) is 0 Å². The van der Waals surface area contributed by atoms with Crippen molar-refractivity contribution in [3.8, 4) is 11.5 Å². The van der Waals surface area contributed by atoms with E-state index in [-0.39, 0.29) is 36.9 Å². The number of benzene rings is 2. The van der Waals surface area contributed by atoms with Crippen LogP contribution in [-0.2, 0) is 16.0 Å². The quantitative estimate of drug-likeness (QED) is 0.251. The Kier molecular flexibility index (Phi) is 11.8. The molecule has 0 aliphatic carbocycles. The van der Waals surface area contributed by atoms with Crippen LogP contribution in [0.4, 0.5) is 10.5 Å². The zero-order valence-electron chi connectivity index (χ0n) is 21.8. The predicted molar refractivity (Wildman–Crippen MR) is 138 cm³/mol. The summed E-state index contributed by atoms with van der Waals surface area (Å²) in [5, 5.41) is 20.5. The molecule has 1 N–H and O–H groups in total. The second-order valence-corrected chi connectivity index (χ2v) is 8.68. The number of carbonyl (C=O) groups excluding carboxylic acids is 1. The lowest BCUT2D eigenvalue weighted by atomic mass is 10.0. The summed E-state index contributed by atoms with van der Waals surface area (Å²) in [6, 6.07) is 11.4. The lowest BCUT2D eigenvalue weighted by Crippen LogP contribution is -2.40. The van der Waals surface area contributed by atoms with Crippen molar-refractivity contribution in [1.82, 2.24) is 4.90 Å². The van der Waals surface area contributed by atoms with Gasteiger partial charge in [0.2, 0.25) is 0 Å². The molecule has 0 spiro atoms. The molecular formula is C27H36N2O8. The van der Waals surface area contributed by atoms with Gasteiger partial charge in [-0.1, -0.05) is 38.8 Å². The number of carbonyl (C=O) groups is 2. The minimum atomic E-state index is -1.01. The summed E-state index contributed by atoms with van der Waals surface area (Å²) in [6.07, 6.45) is 0.515. The van der Waals surface area contributed by atoms with E-state index in [0.717, 1.165) is 18.4 Å². The molecule has 1 atom stereocenters. The number of nitro groups is 1. The van der Waals surface area contributed by atoms with Gasteiger partial charge in [0.05, 0.1) is 17.5 Å². The van der Waals surface area contributed by atoms with Crippen molar-refractivity contribution in [1.29, 1.82) is 0 Å². The zero-order valence-corrected chi connectivity index (χ0v) is 21.8. The molecule has 0 aromatic heterocycles. The monoisotopic (exact) mass is 516 g/mol. The van der Waals surface area contributed by atoms with E-state index in [9.17, 15) is 24.8 Å². The van der Waals surface area contributed by atoms with Crippen molar-refractivity contribution < 1.29 is 33.8 Å². The first-order valence-corrected chi connectivity index (χ1v) is 12.5. The van der Waals surface area contributed by atoms with E-state index in [2.05, 4.69) is 13.8 Å². The van der Waals surface area contributed by atoms with Crippen LogP contribution in [0.15, 0.2) is 42.5 Å². The van der Waals surface area contributed by atoms with Gasteiger partial charge >= 0.3 is 12.1 Å². The van der Waals surface area contributed by atoms with Gasteiger partial charge in [-0.3, -0.25) is 10.1 Å².